The van der Waals surface area contributed by atoms with E-state index in [2.05, 4.69) is 9.46 Å². The lowest BCUT2D eigenvalue weighted by Gasteiger charge is -2.10. The lowest BCUT2D eigenvalue weighted by atomic mass is 10.3. The Bertz CT molecular complexity index is 949. The molecule has 0 amide bonds. The quantitative estimate of drug-likeness (QED) is 0.328. The van der Waals surface area contributed by atoms with E-state index in [0.717, 1.165) is 23.9 Å². The minimum Gasteiger partial charge on any atom is -0.476 e. The van der Waals surface area contributed by atoms with Crippen molar-refractivity contribution in [3.8, 4) is 5.75 Å². The highest BCUT2D eigenvalue weighted by molar-refractivity contribution is 7.99. The van der Waals surface area contributed by atoms with Crippen LogP contribution in [0.5, 0.6) is 5.75 Å². The molecule has 0 heterocycles. The van der Waals surface area contributed by atoms with E-state index < -0.39 is 40.0 Å². The summed E-state index contributed by atoms with van der Waals surface area (Å²) >= 11 is 6.84. The summed E-state index contributed by atoms with van der Waals surface area (Å²) in [7, 11) is -3.74. The van der Waals surface area contributed by atoms with E-state index in [1.54, 1.807) is 13.0 Å². The van der Waals surface area contributed by atoms with E-state index in [-0.39, 0.29) is 28.7 Å². The summed E-state index contributed by atoms with van der Waals surface area (Å²) in [5, 5.41) is 0.290. The maximum Gasteiger partial charge on any atom is 0.344 e. The highest BCUT2D eigenvalue weighted by atomic mass is 35.5. The van der Waals surface area contributed by atoms with E-state index >= 15 is 0 Å². The molecule has 2 rings (SSSR count). The topological polar surface area (TPSA) is 81.7 Å². The summed E-state index contributed by atoms with van der Waals surface area (Å²) in [6.45, 7) is 1.15. The molecule has 1 N–H and O–H groups in total. The van der Waals surface area contributed by atoms with E-state index in [1.807, 2.05) is 0 Å². The summed E-state index contributed by atoms with van der Waals surface area (Å²) in [4.78, 5) is 11.5. The van der Waals surface area contributed by atoms with Gasteiger partial charge in [-0.3, -0.25) is 0 Å². The highest BCUT2D eigenvalue weighted by Gasteiger charge is 2.16. The number of ether oxygens (including phenoxy) is 2. The van der Waals surface area contributed by atoms with Gasteiger partial charge in [-0.15, -0.1) is 11.8 Å². The van der Waals surface area contributed by atoms with Gasteiger partial charge in [0.2, 0.25) is 10.0 Å². The van der Waals surface area contributed by atoms with Crippen LogP contribution in [-0.4, -0.2) is 39.9 Å². The van der Waals surface area contributed by atoms with Crippen molar-refractivity contribution in [3.63, 3.8) is 0 Å². The number of esters is 1. The summed E-state index contributed by atoms with van der Waals surface area (Å²) < 4.78 is 64.3. The average Bonchev–Trinajstić information content (AvgIpc) is 2.65. The van der Waals surface area contributed by atoms with Gasteiger partial charge in [0.05, 0.1) is 11.5 Å². The second-order valence-corrected chi connectivity index (χ2v) is 8.89. The first-order chi connectivity index (χ1) is 13.7. The molecule has 0 atom stereocenters. The zero-order valence-electron chi connectivity index (χ0n) is 15.3. The van der Waals surface area contributed by atoms with Crippen molar-refractivity contribution in [2.75, 3.05) is 25.5 Å². The van der Waals surface area contributed by atoms with Crippen LogP contribution in [-0.2, 0) is 19.6 Å². The minimum atomic E-state index is -3.74. The van der Waals surface area contributed by atoms with E-state index in [9.17, 15) is 22.0 Å². The Morgan fingerprint density at radius 2 is 1.90 bits per heavy atom. The van der Waals surface area contributed by atoms with Gasteiger partial charge in [0.15, 0.2) is 24.0 Å². The SMILES string of the molecule is CCOC(=O)COc1c(F)cc(SCCNS(=O)(=O)c2cccc(Cl)c2)cc1F. The largest absolute Gasteiger partial charge is 0.476 e. The summed E-state index contributed by atoms with van der Waals surface area (Å²) in [5.41, 5.74) is 0. The first-order valence-corrected chi connectivity index (χ1v) is 11.2. The van der Waals surface area contributed by atoms with E-state index in [0.29, 0.717) is 5.02 Å². The fourth-order valence-corrected chi connectivity index (χ4v) is 4.43. The zero-order valence-corrected chi connectivity index (χ0v) is 17.7. The molecule has 29 heavy (non-hydrogen) atoms. The van der Waals surface area contributed by atoms with Crippen LogP contribution in [0, 0.1) is 11.6 Å². The normalized spacial score (nSPS) is 11.3. The van der Waals surface area contributed by atoms with E-state index in [1.165, 1.54) is 18.2 Å². The second kappa shape index (κ2) is 10.8. The number of rotatable bonds is 10. The third kappa shape index (κ3) is 7.14. The average molecular weight is 466 g/mol. The number of sulfonamides is 1. The fourth-order valence-electron chi connectivity index (χ4n) is 2.15. The van der Waals surface area contributed by atoms with Crippen LogP contribution < -0.4 is 9.46 Å². The number of halogens is 3. The molecule has 0 radical (unpaired) electrons. The van der Waals surface area contributed by atoms with E-state index in [4.69, 9.17) is 16.3 Å². The predicted molar refractivity (Wildman–Crippen MR) is 106 cm³/mol. The molecule has 0 spiro atoms. The number of carbonyl (C=O) groups is 1. The van der Waals surface area contributed by atoms with Gasteiger partial charge < -0.3 is 9.47 Å². The maximum absolute atomic E-state index is 14.1. The van der Waals surface area contributed by atoms with Gasteiger partial charge in [-0.1, -0.05) is 17.7 Å². The van der Waals surface area contributed by atoms with Crippen molar-refractivity contribution in [1.82, 2.24) is 4.72 Å². The van der Waals surface area contributed by atoms with Crippen LogP contribution in [0.1, 0.15) is 6.92 Å². The first kappa shape index (κ1) is 23.4. The molecule has 0 bridgehead atoms. The number of benzene rings is 2. The Morgan fingerprint density at radius 1 is 1.21 bits per heavy atom. The summed E-state index contributed by atoms with van der Waals surface area (Å²) in [5.74, 6) is -3.14. The summed E-state index contributed by atoms with van der Waals surface area (Å²) in [6.07, 6.45) is 0. The lowest BCUT2D eigenvalue weighted by Crippen LogP contribution is -2.26. The third-order valence-corrected chi connectivity index (χ3v) is 6.05. The molecule has 0 saturated carbocycles. The van der Waals surface area contributed by atoms with Crippen LogP contribution >= 0.6 is 23.4 Å². The fraction of sp³-hybridized carbons (Fsp3) is 0.278. The van der Waals surface area contributed by atoms with Crippen molar-refractivity contribution in [2.24, 2.45) is 0 Å². The van der Waals surface area contributed by atoms with Crippen LogP contribution in [0.2, 0.25) is 5.02 Å². The molecule has 2 aromatic rings. The molecule has 0 aliphatic rings. The van der Waals surface area contributed by atoms with Gasteiger partial charge in [0, 0.05) is 22.2 Å². The van der Waals surface area contributed by atoms with Crippen molar-refractivity contribution >= 4 is 39.4 Å². The van der Waals surface area contributed by atoms with Crippen LogP contribution in [0.15, 0.2) is 46.2 Å². The summed E-state index contributed by atoms with van der Waals surface area (Å²) in [6, 6.07) is 7.87. The Labute approximate surface area is 176 Å². The number of hydrogen-bond donors (Lipinski definition) is 1. The number of hydrogen-bond acceptors (Lipinski definition) is 6. The molecule has 0 aromatic heterocycles. The van der Waals surface area contributed by atoms with Gasteiger partial charge in [-0.25, -0.2) is 26.7 Å². The zero-order chi connectivity index (χ0) is 21.4. The lowest BCUT2D eigenvalue weighted by molar-refractivity contribution is -0.145. The van der Waals surface area contributed by atoms with Crippen molar-refractivity contribution in [1.29, 1.82) is 0 Å². The molecule has 0 unspecified atom stereocenters. The van der Waals surface area contributed by atoms with Crippen LogP contribution in [0.25, 0.3) is 0 Å². The van der Waals surface area contributed by atoms with Gasteiger partial charge in [-0.2, -0.15) is 0 Å². The molecular formula is C18H18ClF2NO5S2. The van der Waals surface area contributed by atoms with Gasteiger partial charge in [-0.05, 0) is 37.3 Å². The Kier molecular flexibility index (Phi) is 8.69. The second-order valence-electron chi connectivity index (χ2n) is 5.51. The maximum atomic E-state index is 14.1. The standard InChI is InChI=1S/C18H18ClF2NO5S2/c1-2-26-17(23)11-27-18-15(20)9-13(10-16(18)21)28-7-6-22-29(24,25)14-5-3-4-12(19)8-14/h3-5,8-10,22H,2,6-7,11H2,1H3. The molecule has 2 aromatic carbocycles. The third-order valence-electron chi connectivity index (χ3n) is 3.38. The monoisotopic (exact) mass is 465 g/mol. The number of nitrogens with one attached hydrogen (secondary N) is 1. The molecule has 0 aliphatic carbocycles. The molecule has 0 fully saturated rings. The van der Waals surface area contributed by atoms with Gasteiger partial charge in [0.25, 0.3) is 0 Å². The first-order valence-electron chi connectivity index (χ1n) is 8.38. The molecule has 11 heteroatoms. The minimum absolute atomic E-state index is 0.0233. The molecular weight excluding hydrogens is 448 g/mol. The molecule has 0 aliphatic heterocycles. The Balaban J connectivity index is 1.90. The van der Waals surface area contributed by atoms with Gasteiger partial charge >= 0.3 is 5.97 Å². The Hall–Kier alpha value is -1.88. The molecule has 6 nitrogen and oxygen atoms in total. The predicted octanol–water partition coefficient (Wildman–Crippen LogP) is 3.63. The van der Waals surface area contributed by atoms with Crippen LogP contribution in [0.3, 0.4) is 0 Å². The number of thioether (sulfide) groups is 1. The molecule has 158 valence electrons. The van der Waals surface area contributed by atoms with Crippen molar-refractivity contribution < 1.29 is 31.5 Å². The van der Waals surface area contributed by atoms with Crippen LogP contribution in [0.4, 0.5) is 8.78 Å². The Morgan fingerprint density at radius 3 is 2.52 bits per heavy atom. The highest BCUT2D eigenvalue weighted by Crippen LogP contribution is 2.28. The van der Waals surface area contributed by atoms with Gasteiger partial charge in [0.1, 0.15) is 0 Å². The number of carbonyl (C=O) groups excluding carboxylic acids is 1. The van der Waals surface area contributed by atoms with Crippen molar-refractivity contribution in [2.45, 2.75) is 16.7 Å². The molecule has 0 saturated heterocycles. The van der Waals surface area contributed by atoms with Crippen molar-refractivity contribution in [3.05, 3.63) is 53.1 Å². The smallest absolute Gasteiger partial charge is 0.344 e.